The van der Waals surface area contributed by atoms with Crippen molar-refractivity contribution in [2.24, 2.45) is 0 Å². The summed E-state index contributed by atoms with van der Waals surface area (Å²) in [5.41, 5.74) is 2.86. The highest BCUT2D eigenvalue weighted by atomic mass is 32.1. The number of rotatable bonds is 8. The van der Waals surface area contributed by atoms with Crippen molar-refractivity contribution in [2.45, 2.75) is 31.0 Å². The van der Waals surface area contributed by atoms with Crippen molar-refractivity contribution in [3.05, 3.63) is 16.8 Å². The van der Waals surface area contributed by atoms with E-state index in [4.69, 9.17) is 37.4 Å². The number of anilines is 1. The Hall–Kier alpha value is -0.710. The molecule has 7 N–H and O–H groups in total. The molecule has 1 aliphatic heterocycles. The maximum absolute atomic E-state index is 14.7. The number of nitrogens with two attached hydrogens (primary N) is 1. The number of halogens is 2. The Morgan fingerprint density at radius 1 is 1.29 bits per heavy atom. The van der Waals surface area contributed by atoms with Gasteiger partial charge in [-0.3, -0.25) is 9.09 Å². The van der Waals surface area contributed by atoms with Crippen LogP contribution in [-0.4, -0.2) is 58.7 Å². The van der Waals surface area contributed by atoms with Gasteiger partial charge in [0.25, 0.3) is 0 Å². The largest absolute Gasteiger partial charge is 0.490 e. The van der Waals surface area contributed by atoms with E-state index in [0.717, 1.165) is 11.5 Å². The zero-order valence-corrected chi connectivity index (χ0v) is 18.6. The fraction of sp³-hybridized carbons (Fsp3) is 0.600. The van der Waals surface area contributed by atoms with E-state index in [1.165, 1.54) is 0 Å². The molecule has 0 spiro atoms. The molecule has 0 aromatic carbocycles. The SMILES string of the molecule is CC1(O)C(F)[C@@H](COP(=O)(O)OP(=O)(O)OP(=O)(O)O)O[C@H]1n1cc(F)c(N)nc1=S. The van der Waals surface area contributed by atoms with Crippen LogP contribution in [-0.2, 0) is 31.6 Å². The zero-order chi connectivity index (χ0) is 24.0. The van der Waals surface area contributed by atoms with Crippen LogP contribution in [0.1, 0.15) is 13.2 Å². The van der Waals surface area contributed by atoms with Crippen molar-refractivity contribution >= 4 is 41.5 Å². The number of alkyl halides is 1. The molecule has 15 nitrogen and oxygen atoms in total. The van der Waals surface area contributed by atoms with Gasteiger partial charge in [-0.2, -0.15) is 13.6 Å². The average molecular weight is 533 g/mol. The smallest absolute Gasteiger partial charge is 0.382 e. The molecule has 0 saturated carbocycles. The third-order valence-electron chi connectivity index (χ3n) is 3.69. The quantitative estimate of drug-likeness (QED) is 0.199. The molecule has 1 fully saturated rings. The van der Waals surface area contributed by atoms with Crippen LogP contribution in [0.4, 0.5) is 14.6 Å². The summed E-state index contributed by atoms with van der Waals surface area (Å²) in [5.74, 6) is -1.64. The van der Waals surface area contributed by atoms with Crippen LogP contribution in [0.25, 0.3) is 0 Å². The second kappa shape index (κ2) is 8.91. The molecule has 178 valence electrons. The molecule has 0 bridgehead atoms. The van der Waals surface area contributed by atoms with E-state index in [1.807, 2.05) is 0 Å². The first kappa shape index (κ1) is 26.5. The van der Waals surface area contributed by atoms with Gasteiger partial charge < -0.3 is 35.2 Å². The summed E-state index contributed by atoms with van der Waals surface area (Å²) in [6, 6.07) is 0. The van der Waals surface area contributed by atoms with E-state index in [9.17, 15) is 32.5 Å². The molecule has 1 aromatic heterocycles. The summed E-state index contributed by atoms with van der Waals surface area (Å²) in [6.07, 6.45) is -5.19. The molecule has 0 amide bonds. The Morgan fingerprint density at radius 2 is 1.87 bits per heavy atom. The first-order valence-corrected chi connectivity index (χ1v) is 12.6. The van der Waals surface area contributed by atoms with Crippen molar-refractivity contribution < 1.29 is 65.0 Å². The van der Waals surface area contributed by atoms with E-state index in [2.05, 4.69) is 18.1 Å². The van der Waals surface area contributed by atoms with Crippen molar-refractivity contribution in [3.8, 4) is 0 Å². The number of phosphoric ester groups is 1. The van der Waals surface area contributed by atoms with Gasteiger partial charge in [-0.15, -0.1) is 0 Å². The highest BCUT2D eigenvalue weighted by molar-refractivity contribution is 7.71. The highest BCUT2D eigenvalue weighted by Crippen LogP contribution is 2.66. The lowest BCUT2D eigenvalue weighted by Crippen LogP contribution is -2.42. The molecule has 1 aliphatic rings. The van der Waals surface area contributed by atoms with Crippen molar-refractivity contribution in [1.29, 1.82) is 0 Å². The monoisotopic (exact) mass is 533 g/mol. The first-order chi connectivity index (χ1) is 13.8. The van der Waals surface area contributed by atoms with Gasteiger partial charge >= 0.3 is 23.5 Å². The fourth-order valence-electron chi connectivity index (χ4n) is 2.45. The molecule has 0 radical (unpaired) electrons. The molecule has 6 atom stereocenters. The molecular formula is C10H16F2N3O12P3S. The number of nitrogen functional groups attached to an aromatic ring is 1. The van der Waals surface area contributed by atoms with Crippen LogP contribution < -0.4 is 5.73 Å². The van der Waals surface area contributed by atoms with Crippen LogP contribution in [0.5, 0.6) is 0 Å². The van der Waals surface area contributed by atoms with E-state index in [1.54, 1.807) is 0 Å². The molecular weight excluding hydrogens is 517 g/mol. The van der Waals surface area contributed by atoms with Gasteiger partial charge in [0.2, 0.25) is 4.77 Å². The summed E-state index contributed by atoms with van der Waals surface area (Å²) in [4.78, 5) is 38.9. The number of hydrogen-bond acceptors (Lipinski definition) is 11. The number of phosphoric acid groups is 3. The summed E-state index contributed by atoms with van der Waals surface area (Å²) < 4.78 is 78.8. The van der Waals surface area contributed by atoms with Crippen LogP contribution in [0, 0.1) is 10.6 Å². The Labute approximate surface area is 176 Å². The van der Waals surface area contributed by atoms with Crippen molar-refractivity contribution in [3.63, 3.8) is 0 Å². The van der Waals surface area contributed by atoms with Crippen LogP contribution in [0.15, 0.2) is 6.20 Å². The molecule has 31 heavy (non-hydrogen) atoms. The summed E-state index contributed by atoms with van der Waals surface area (Å²) in [7, 11) is -16.9. The predicted octanol–water partition coefficient (Wildman–Crippen LogP) is 0.664. The van der Waals surface area contributed by atoms with Crippen LogP contribution in [0.2, 0.25) is 0 Å². The van der Waals surface area contributed by atoms with Crippen molar-refractivity contribution in [2.75, 3.05) is 12.3 Å². The minimum Gasteiger partial charge on any atom is -0.382 e. The number of aromatic nitrogens is 2. The molecule has 2 heterocycles. The first-order valence-electron chi connectivity index (χ1n) is 7.69. The Bertz CT molecular complexity index is 1050. The summed E-state index contributed by atoms with van der Waals surface area (Å²) in [5, 5.41) is 10.4. The lowest BCUT2D eigenvalue weighted by molar-refractivity contribution is -0.0923. The number of hydrogen-bond donors (Lipinski definition) is 6. The molecule has 4 unspecified atom stereocenters. The third-order valence-corrected chi connectivity index (χ3v) is 7.80. The summed E-state index contributed by atoms with van der Waals surface area (Å²) in [6.45, 7) is -0.251. The lowest BCUT2D eigenvalue weighted by Gasteiger charge is -2.27. The predicted molar refractivity (Wildman–Crippen MR) is 96.7 cm³/mol. The maximum Gasteiger partial charge on any atom is 0.490 e. The maximum atomic E-state index is 14.7. The van der Waals surface area contributed by atoms with E-state index < -0.39 is 70.6 Å². The normalized spacial score (nSPS) is 30.6. The van der Waals surface area contributed by atoms with Crippen LogP contribution in [0.3, 0.4) is 0 Å². The van der Waals surface area contributed by atoms with Crippen molar-refractivity contribution in [1.82, 2.24) is 9.55 Å². The van der Waals surface area contributed by atoms with Gasteiger partial charge in [0, 0.05) is 6.20 Å². The second-order valence-electron chi connectivity index (χ2n) is 6.21. The van der Waals surface area contributed by atoms with E-state index in [-0.39, 0.29) is 0 Å². The highest BCUT2D eigenvalue weighted by Gasteiger charge is 2.55. The Morgan fingerprint density at radius 3 is 2.42 bits per heavy atom. The second-order valence-corrected chi connectivity index (χ2v) is 11.0. The zero-order valence-electron chi connectivity index (χ0n) is 15.1. The number of ether oxygens (including phenoxy) is 1. The summed E-state index contributed by atoms with van der Waals surface area (Å²) >= 11 is 4.86. The molecule has 2 rings (SSSR count). The van der Waals surface area contributed by atoms with Gasteiger partial charge in [-0.25, -0.2) is 22.5 Å². The average Bonchev–Trinajstić information content (AvgIpc) is 2.76. The van der Waals surface area contributed by atoms with Gasteiger partial charge in [0.1, 0.15) is 11.7 Å². The lowest BCUT2D eigenvalue weighted by atomic mass is 9.98. The minimum absolute atomic E-state index is 0.398. The number of nitrogens with zero attached hydrogens (tertiary/aromatic N) is 2. The Balaban J connectivity index is 2.16. The van der Waals surface area contributed by atoms with Gasteiger partial charge in [0.15, 0.2) is 24.0 Å². The van der Waals surface area contributed by atoms with Gasteiger partial charge in [-0.1, -0.05) is 0 Å². The standard InChI is InChI=1S/C10H16F2N3O12P3S/c1-10(16)6(12)5(25-8(10)15-2-4(11)7(13)14-9(15)31)3-24-29(20,21)27-30(22,23)26-28(17,18)19/h2,5-6,8,16H,3H2,1H3,(H,20,21)(H,22,23)(H2,13,14,31)(H2,17,18,19)/t5-,6?,8-,10?/m1/s1. The molecule has 0 aliphatic carbocycles. The fourth-order valence-corrected chi connectivity index (χ4v) is 5.73. The minimum atomic E-state index is -5.78. The van der Waals surface area contributed by atoms with E-state index >= 15 is 0 Å². The molecule has 21 heteroatoms. The number of aliphatic hydroxyl groups is 1. The van der Waals surface area contributed by atoms with Gasteiger partial charge in [-0.05, 0) is 19.1 Å². The topological polar surface area (TPSA) is 233 Å². The third kappa shape index (κ3) is 6.65. The Kier molecular flexibility index (Phi) is 7.63. The molecule has 1 saturated heterocycles. The van der Waals surface area contributed by atoms with Crippen LogP contribution >= 0.6 is 35.7 Å². The molecule has 1 aromatic rings. The van der Waals surface area contributed by atoms with Gasteiger partial charge in [0.05, 0.1) is 6.61 Å². The van der Waals surface area contributed by atoms with E-state index in [0.29, 0.717) is 6.20 Å².